The van der Waals surface area contributed by atoms with Crippen molar-refractivity contribution in [1.82, 2.24) is 0 Å². The van der Waals surface area contributed by atoms with Gasteiger partial charge in [-0.1, -0.05) is 40.5 Å². The molecule has 0 aromatic rings. The first kappa shape index (κ1) is 30.6. The van der Waals surface area contributed by atoms with E-state index in [4.69, 9.17) is 10.2 Å². The van der Waals surface area contributed by atoms with Crippen LogP contribution in [0.3, 0.4) is 0 Å². The summed E-state index contributed by atoms with van der Waals surface area (Å²) in [6, 6.07) is 0. The number of rotatable bonds is 4. The Labute approximate surface area is 125 Å². The molecule has 0 aliphatic carbocycles. The van der Waals surface area contributed by atoms with Gasteiger partial charge < -0.3 is 24.1 Å². The molecule has 0 saturated heterocycles. The number of unbranched alkanes of at least 4 members (excludes halogenated alkanes) is 2. The zero-order valence-corrected chi connectivity index (χ0v) is 14.0. The van der Waals surface area contributed by atoms with Crippen LogP contribution in [0, 0.1) is 13.8 Å². The molecule has 0 spiro atoms. The molecule has 17 heavy (non-hydrogen) atoms. The van der Waals surface area contributed by atoms with Crippen LogP contribution in [0.4, 0.5) is 0 Å². The average molecular weight is 282 g/mol. The van der Waals surface area contributed by atoms with E-state index in [1.165, 1.54) is 12.8 Å². The predicted molar refractivity (Wildman–Crippen MR) is 75.3 cm³/mol. The van der Waals surface area contributed by atoms with Crippen LogP contribution in [0.5, 0.6) is 0 Å². The Balaban J connectivity index is -0.0000000369. The molecule has 2 N–H and O–H groups in total. The number of aliphatic hydroxyl groups is 2. The van der Waals surface area contributed by atoms with Crippen molar-refractivity contribution in [1.29, 1.82) is 0 Å². The van der Waals surface area contributed by atoms with E-state index >= 15 is 0 Å². The second-order valence-corrected chi connectivity index (χ2v) is 3.15. The smallest absolute Gasteiger partial charge is 0.396 e. The fraction of sp³-hybridized carbons (Fsp3) is 0.857. The zero-order chi connectivity index (χ0) is 13.7. The molecule has 0 radical (unpaired) electrons. The fourth-order valence-corrected chi connectivity index (χ4v) is 0. The van der Waals surface area contributed by atoms with Crippen molar-refractivity contribution in [2.75, 3.05) is 13.2 Å². The molecule has 0 aliphatic heterocycles. The Morgan fingerprint density at radius 1 is 0.647 bits per heavy atom. The normalized spacial score (nSPS) is 7.06. The molecular formula is C14H34O2Ti. The average Bonchev–Trinajstić information content (AvgIpc) is 2.39. The maximum absolute atomic E-state index is 7.88. The van der Waals surface area contributed by atoms with Gasteiger partial charge in [-0.05, 0) is 12.8 Å². The van der Waals surface area contributed by atoms with E-state index in [-0.39, 0.29) is 21.7 Å². The zero-order valence-electron chi connectivity index (χ0n) is 12.5. The summed E-state index contributed by atoms with van der Waals surface area (Å²) < 4.78 is 0. The molecule has 0 fully saturated rings. The second-order valence-electron chi connectivity index (χ2n) is 3.15. The molecule has 0 aromatic heterocycles. The summed E-state index contributed by atoms with van der Waals surface area (Å²) in [6.07, 6.45) is 6.31. The maximum atomic E-state index is 7.88. The van der Waals surface area contributed by atoms with Gasteiger partial charge in [0, 0.05) is 13.2 Å². The molecule has 0 atom stereocenters. The van der Waals surface area contributed by atoms with Crippen molar-refractivity contribution in [3.63, 3.8) is 0 Å². The minimum atomic E-state index is 0. The van der Waals surface area contributed by atoms with Gasteiger partial charge in [0.15, 0.2) is 0 Å². The Bertz CT molecular complexity index is 38.2. The maximum Gasteiger partial charge on any atom is 2.00 e. The summed E-state index contributed by atoms with van der Waals surface area (Å²) in [5.74, 6) is 0. The molecular weight excluding hydrogens is 248 g/mol. The van der Waals surface area contributed by atoms with E-state index in [1.807, 2.05) is 13.8 Å². The van der Waals surface area contributed by atoms with Gasteiger partial charge in [-0.15, -0.1) is 0 Å². The molecule has 0 saturated carbocycles. The van der Waals surface area contributed by atoms with Crippen LogP contribution in [-0.2, 0) is 21.7 Å². The van der Waals surface area contributed by atoms with Gasteiger partial charge in [0.1, 0.15) is 0 Å². The van der Waals surface area contributed by atoms with Crippen molar-refractivity contribution in [2.45, 2.75) is 66.2 Å². The van der Waals surface area contributed by atoms with Crippen molar-refractivity contribution in [2.24, 2.45) is 0 Å². The van der Waals surface area contributed by atoms with Gasteiger partial charge in [0.25, 0.3) is 0 Å². The summed E-state index contributed by atoms with van der Waals surface area (Å²) in [7, 11) is 0. The van der Waals surface area contributed by atoms with Gasteiger partial charge in [0.2, 0.25) is 0 Å². The van der Waals surface area contributed by atoms with Gasteiger partial charge in [0.05, 0.1) is 0 Å². The van der Waals surface area contributed by atoms with Crippen LogP contribution in [0.2, 0.25) is 0 Å². The number of hydrogen-bond donors (Lipinski definition) is 2. The Morgan fingerprint density at radius 3 is 0.765 bits per heavy atom. The predicted octanol–water partition coefficient (Wildman–Crippen LogP) is 4.02. The van der Waals surface area contributed by atoms with Crippen LogP contribution in [-0.4, -0.2) is 23.4 Å². The van der Waals surface area contributed by atoms with Gasteiger partial charge in [-0.2, -0.15) is 12.8 Å². The van der Waals surface area contributed by atoms with E-state index < -0.39 is 0 Å². The first-order valence-corrected chi connectivity index (χ1v) is 6.46. The molecule has 0 amide bonds. The monoisotopic (exact) mass is 282 g/mol. The van der Waals surface area contributed by atoms with Crippen molar-refractivity contribution < 1.29 is 31.9 Å². The quantitative estimate of drug-likeness (QED) is 0.604. The molecule has 0 bridgehead atoms. The third-order valence-electron chi connectivity index (χ3n) is 1.15. The molecule has 0 unspecified atom stereocenters. The van der Waals surface area contributed by atoms with Crippen LogP contribution < -0.4 is 0 Å². The summed E-state index contributed by atoms with van der Waals surface area (Å²) in [5.41, 5.74) is 0. The first-order chi connectivity index (χ1) is 7.66. The minimum absolute atomic E-state index is 0. The molecule has 106 valence electrons. The van der Waals surface area contributed by atoms with E-state index in [0.717, 1.165) is 25.7 Å². The summed E-state index contributed by atoms with van der Waals surface area (Å²) in [5, 5.41) is 15.8. The molecule has 2 nitrogen and oxygen atoms in total. The van der Waals surface area contributed by atoms with Gasteiger partial charge >= 0.3 is 21.7 Å². The minimum Gasteiger partial charge on any atom is -0.396 e. The SMILES string of the molecule is CCCO.CCCO.[CH2-]CCC.[CH2-]CCC.[Ti+2]. The molecule has 0 aromatic carbocycles. The van der Waals surface area contributed by atoms with Crippen molar-refractivity contribution in [3.05, 3.63) is 13.8 Å². The first-order valence-electron chi connectivity index (χ1n) is 6.46. The Morgan fingerprint density at radius 2 is 0.765 bits per heavy atom. The van der Waals surface area contributed by atoms with E-state index in [0.29, 0.717) is 13.2 Å². The van der Waals surface area contributed by atoms with Crippen molar-refractivity contribution in [3.8, 4) is 0 Å². The topological polar surface area (TPSA) is 40.5 Å². The molecule has 0 heterocycles. The number of hydrogen-bond acceptors (Lipinski definition) is 2. The van der Waals surface area contributed by atoms with E-state index in [9.17, 15) is 0 Å². The van der Waals surface area contributed by atoms with E-state index in [1.54, 1.807) is 0 Å². The number of aliphatic hydroxyl groups excluding tert-OH is 2. The third-order valence-corrected chi connectivity index (χ3v) is 1.15. The summed E-state index contributed by atoms with van der Waals surface area (Å²) in [6.45, 7) is 15.9. The van der Waals surface area contributed by atoms with Gasteiger partial charge in [-0.3, -0.25) is 0 Å². The van der Waals surface area contributed by atoms with E-state index in [2.05, 4.69) is 27.7 Å². The summed E-state index contributed by atoms with van der Waals surface area (Å²) >= 11 is 0. The molecule has 0 rings (SSSR count). The van der Waals surface area contributed by atoms with Crippen LogP contribution in [0.25, 0.3) is 0 Å². The third kappa shape index (κ3) is 166. The standard InChI is InChI=1S/2C4H9.2C3H8O.Ti/c2*1-3-4-2;2*1-2-3-4;/h2*1,3-4H2,2H3;2*4H,2-3H2,1H3;/q2*-1;;;+2. The second kappa shape index (κ2) is 54.5. The largest absolute Gasteiger partial charge is 2.00 e. The molecule has 0 aliphatic rings. The van der Waals surface area contributed by atoms with Crippen molar-refractivity contribution >= 4 is 0 Å². The Hall–Kier alpha value is 0.634. The van der Waals surface area contributed by atoms with Crippen LogP contribution in [0.15, 0.2) is 0 Å². The summed E-state index contributed by atoms with van der Waals surface area (Å²) in [4.78, 5) is 0. The fourth-order valence-electron chi connectivity index (χ4n) is 0. The molecule has 3 heteroatoms. The van der Waals surface area contributed by atoms with Crippen LogP contribution in [0.1, 0.15) is 66.2 Å². The van der Waals surface area contributed by atoms with Crippen LogP contribution >= 0.6 is 0 Å². The van der Waals surface area contributed by atoms with Gasteiger partial charge in [-0.25, -0.2) is 0 Å². The Kier molecular flexibility index (Phi) is 98.1.